The van der Waals surface area contributed by atoms with Crippen LogP contribution >= 0.6 is 0 Å². The Morgan fingerprint density at radius 1 is 0.966 bits per heavy atom. The van der Waals surface area contributed by atoms with Gasteiger partial charge in [-0.2, -0.15) is 0 Å². The van der Waals surface area contributed by atoms with Gasteiger partial charge < -0.3 is 19.2 Å². The molecule has 153 valence electrons. The third kappa shape index (κ3) is 7.62. The summed E-state index contributed by atoms with van der Waals surface area (Å²) in [5, 5.41) is 8.91. The third-order valence-corrected chi connectivity index (χ3v) is 4.40. The highest BCUT2D eigenvalue weighted by atomic mass is 16.5. The van der Waals surface area contributed by atoms with E-state index in [0.29, 0.717) is 35.7 Å². The molecular formula is C22H26BO6. The van der Waals surface area contributed by atoms with Crippen LogP contribution in [0.15, 0.2) is 48.5 Å². The van der Waals surface area contributed by atoms with Crippen LogP contribution in [0, 0.1) is 5.92 Å². The van der Waals surface area contributed by atoms with Crippen LogP contribution in [-0.4, -0.2) is 37.7 Å². The van der Waals surface area contributed by atoms with E-state index < -0.39 is 5.97 Å². The molecule has 2 aromatic rings. The van der Waals surface area contributed by atoms with Crippen LogP contribution in [0.2, 0.25) is 0 Å². The monoisotopic (exact) mass is 397 g/mol. The molecule has 1 radical (unpaired) electrons. The summed E-state index contributed by atoms with van der Waals surface area (Å²) < 4.78 is 16.1. The Morgan fingerprint density at radius 2 is 1.59 bits per heavy atom. The molecule has 29 heavy (non-hydrogen) atoms. The fraction of sp³-hybridized carbons (Fsp3) is 0.364. The average molecular weight is 397 g/mol. The fourth-order valence-corrected chi connectivity index (χ4v) is 2.35. The molecule has 0 fully saturated rings. The van der Waals surface area contributed by atoms with Crippen LogP contribution < -0.4 is 14.9 Å². The number of esters is 2. The summed E-state index contributed by atoms with van der Waals surface area (Å²) in [7, 11) is 0.976. The summed E-state index contributed by atoms with van der Waals surface area (Å²) in [6.45, 7) is 4.71. The van der Waals surface area contributed by atoms with E-state index in [9.17, 15) is 9.59 Å². The molecule has 1 atom stereocenters. The first-order chi connectivity index (χ1) is 14.0. The summed E-state index contributed by atoms with van der Waals surface area (Å²) >= 11 is 0. The average Bonchev–Trinajstić information content (AvgIpc) is 2.76. The number of ether oxygens (including phenoxy) is 3. The molecular weight excluding hydrogens is 371 g/mol. The maximum absolute atomic E-state index is 12.2. The molecule has 0 aromatic heterocycles. The molecule has 0 saturated heterocycles. The number of carbonyl (C=O) groups is 2. The fourth-order valence-electron chi connectivity index (χ4n) is 2.35. The summed E-state index contributed by atoms with van der Waals surface area (Å²) in [4.78, 5) is 23.7. The lowest BCUT2D eigenvalue weighted by atomic mass is 9.89. The number of hydrogen-bond acceptors (Lipinski definition) is 6. The van der Waals surface area contributed by atoms with Crippen molar-refractivity contribution in [2.45, 2.75) is 33.1 Å². The van der Waals surface area contributed by atoms with Crippen molar-refractivity contribution in [2.75, 3.05) is 13.2 Å². The number of unbranched alkanes of at least 4 members (excludes halogenated alkanes) is 1. The molecule has 0 aliphatic heterocycles. The van der Waals surface area contributed by atoms with E-state index in [1.165, 1.54) is 0 Å². The molecule has 1 N–H and O–H groups in total. The minimum absolute atomic E-state index is 0.0603. The topological polar surface area (TPSA) is 82.1 Å². The highest BCUT2D eigenvalue weighted by molar-refractivity contribution is 6.45. The second-order valence-electron chi connectivity index (χ2n) is 6.64. The first kappa shape index (κ1) is 22.5. The lowest BCUT2D eigenvalue weighted by molar-refractivity contribution is -0.148. The van der Waals surface area contributed by atoms with E-state index in [-0.39, 0.29) is 11.9 Å². The first-order valence-electron chi connectivity index (χ1n) is 9.72. The lowest BCUT2D eigenvalue weighted by Gasteiger charge is -2.10. The predicted octanol–water partition coefficient (Wildman–Crippen LogP) is 2.89. The minimum atomic E-state index is -0.472. The van der Waals surface area contributed by atoms with Gasteiger partial charge in [0.25, 0.3) is 0 Å². The second-order valence-corrected chi connectivity index (χ2v) is 6.64. The molecule has 0 spiro atoms. The molecule has 7 heteroatoms. The van der Waals surface area contributed by atoms with Crippen LogP contribution in [-0.2, 0) is 9.53 Å². The van der Waals surface area contributed by atoms with Gasteiger partial charge in [0.2, 0.25) is 0 Å². The van der Waals surface area contributed by atoms with E-state index in [1.807, 2.05) is 13.8 Å². The van der Waals surface area contributed by atoms with Crippen LogP contribution in [0.3, 0.4) is 0 Å². The van der Waals surface area contributed by atoms with E-state index in [0.717, 1.165) is 26.7 Å². The molecule has 0 aliphatic rings. The van der Waals surface area contributed by atoms with E-state index >= 15 is 0 Å². The standard InChI is InChI=1S/C22H26BO6/c1-3-16(2)21(24)28-15-5-4-14-27-19-10-6-17(7-11-19)22(25)29-20-12-8-18(23-26)9-13-20/h6-13,16,26H,3-5,14-15H2,1-2H3. The summed E-state index contributed by atoms with van der Waals surface area (Å²) in [6.07, 6.45) is 2.28. The van der Waals surface area contributed by atoms with Crippen molar-refractivity contribution in [1.82, 2.24) is 0 Å². The van der Waals surface area contributed by atoms with Crippen LogP contribution in [0.25, 0.3) is 0 Å². The van der Waals surface area contributed by atoms with Crippen molar-refractivity contribution in [2.24, 2.45) is 5.92 Å². The predicted molar refractivity (Wildman–Crippen MR) is 111 cm³/mol. The molecule has 0 bridgehead atoms. The van der Waals surface area contributed by atoms with E-state index in [2.05, 4.69) is 0 Å². The van der Waals surface area contributed by atoms with Gasteiger partial charge in [0.05, 0.1) is 24.7 Å². The van der Waals surface area contributed by atoms with E-state index in [4.69, 9.17) is 19.2 Å². The van der Waals surface area contributed by atoms with Gasteiger partial charge in [0, 0.05) is 0 Å². The van der Waals surface area contributed by atoms with Crippen molar-refractivity contribution in [3.8, 4) is 11.5 Å². The quantitative estimate of drug-likeness (QED) is 0.272. The molecule has 0 amide bonds. The molecule has 0 heterocycles. The van der Waals surface area contributed by atoms with Crippen molar-refractivity contribution >= 4 is 24.9 Å². The smallest absolute Gasteiger partial charge is 0.343 e. The third-order valence-electron chi connectivity index (χ3n) is 4.40. The molecule has 2 aromatic carbocycles. The molecule has 0 aliphatic carbocycles. The second kappa shape index (κ2) is 11.9. The normalized spacial score (nSPS) is 11.4. The largest absolute Gasteiger partial charge is 0.494 e. The molecule has 2 rings (SSSR count). The summed E-state index contributed by atoms with van der Waals surface area (Å²) in [5.74, 6) is 0.366. The highest BCUT2D eigenvalue weighted by Crippen LogP contribution is 2.16. The Hall–Kier alpha value is -2.80. The van der Waals surface area contributed by atoms with Gasteiger partial charge in [-0.05, 0) is 55.7 Å². The maximum atomic E-state index is 12.2. The highest BCUT2D eigenvalue weighted by Gasteiger charge is 2.11. The van der Waals surface area contributed by atoms with Gasteiger partial charge in [-0.3, -0.25) is 4.79 Å². The van der Waals surface area contributed by atoms with Gasteiger partial charge in [-0.1, -0.05) is 31.4 Å². The molecule has 0 saturated carbocycles. The van der Waals surface area contributed by atoms with Crippen LogP contribution in [0.1, 0.15) is 43.5 Å². The van der Waals surface area contributed by atoms with Gasteiger partial charge in [0.1, 0.15) is 11.5 Å². The number of benzene rings is 2. The summed E-state index contributed by atoms with van der Waals surface area (Å²) in [6, 6.07) is 13.2. The van der Waals surface area contributed by atoms with Crippen molar-refractivity contribution < 1.29 is 28.8 Å². The Kier molecular flexibility index (Phi) is 9.24. The minimum Gasteiger partial charge on any atom is -0.494 e. The zero-order valence-electron chi connectivity index (χ0n) is 16.8. The lowest BCUT2D eigenvalue weighted by Crippen LogP contribution is -2.15. The Labute approximate surface area is 172 Å². The van der Waals surface area contributed by atoms with Gasteiger partial charge >= 0.3 is 19.4 Å². The molecule has 6 nitrogen and oxygen atoms in total. The number of carbonyl (C=O) groups excluding carboxylic acids is 2. The Morgan fingerprint density at radius 3 is 2.21 bits per heavy atom. The maximum Gasteiger partial charge on any atom is 0.343 e. The van der Waals surface area contributed by atoms with Gasteiger partial charge in [-0.25, -0.2) is 4.79 Å². The van der Waals surface area contributed by atoms with E-state index in [1.54, 1.807) is 48.5 Å². The zero-order chi connectivity index (χ0) is 21.1. The number of rotatable bonds is 11. The zero-order valence-corrected chi connectivity index (χ0v) is 16.8. The Bertz CT molecular complexity index is 773. The number of hydrogen-bond donors (Lipinski definition) is 1. The van der Waals surface area contributed by atoms with Crippen LogP contribution in [0.4, 0.5) is 0 Å². The van der Waals surface area contributed by atoms with Gasteiger partial charge in [0.15, 0.2) is 0 Å². The van der Waals surface area contributed by atoms with Crippen molar-refractivity contribution in [3.63, 3.8) is 0 Å². The van der Waals surface area contributed by atoms with Crippen molar-refractivity contribution in [3.05, 3.63) is 54.1 Å². The first-order valence-corrected chi connectivity index (χ1v) is 9.72. The van der Waals surface area contributed by atoms with Crippen molar-refractivity contribution in [1.29, 1.82) is 0 Å². The van der Waals surface area contributed by atoms with Crippen LogP contribution in [0.5, 0.6) is 11.5 Å². The SMILES string of the molecule is CCC(C)C(=O)OCCCCOc1ccc(C(=O)Oc2ccc([B]O)cc2)cc1. The summed E-state index contributed by atoms with van der Waals surface area (Å²) in [5.41, 5.74) is 1.03. The van der Waals surface area contributed by atoms with Gasteiger partial charge in [-0.15, -0.1) is 0 Å². The molecule has 1 unspecified atom stereocenters. The Balaban J connectivity index is 1.69.